The van der Waals surface area contributed by atoms with Crippen molar-refractivity contribution >= 4 is 18.0 Å². The summed E-state index contributed by atoms with van der Waals surface area (Å²) in [6.45, 7) is 0.574. The van der Waals surface area contributed by atoms with Gasteiger partial charge in [0, 0.05) is 12.3 Å². The van der Waals surface area contributed by atoms with Gasteiger partial charge in [0.25, 0.3) is 0 Å². The summed E-state index contributed by atoms with van der Waals surface area (Å²) in [6.07, 6.45) is -0.0550. The van der Waals surface area contributed by atoms with Gasteiger partial charge in [0.15, 0.2) is 6.29 Å². The van der Waals surface area contributed by atoms with Gasteiger partial charge in [-0.05, 0) is 11.1 Å². The molecule has 5 heteroatoms. The van der Waals surface area contributed by atoms with Crippen LogP contribution < -0.4 is 0 Å². The molecule has 0 radical (unpaired) electrons. The van der Waals surface area contributed by atoms with E-state index in [1.165, 1.54) is 5.56 Å². The molecule has 0 amide bonds. The lowest BCUT2D eigenvalue weighted by atomic mass is 10.2. The maximum Gasteiger partial charge on any atom is 0.152 e. The van der Waals surface area contributed by atoms with Gasteiger partial charge in [0.2, 0.25) is 0 Å². The van der Waals surface area contributed by atoms with Crippen molar-refractivity contribution in [2.75, 3.05) is 5.75 Å². The Kier molecular flexibility index (Phi) is 4.41. The second-order valence-corrected chi connectivity index (χ2v) is 7.35. The second kappa shape index (κ2) is 6.69. The molecule has 2 unspecified atom stereocenters. The molecule has 2 fully saturated rings. The van der Waals surface area contributed by atoms with Crippen molar-refractivity contribution in [1.29, 1.82) is 0 Å². The fraction of sp³-hybridized carbons (Fsp3) is 0.316. The molecule has 2 aliphatic rings. The topological polar surface area (TPSA) is 43.8 Å². The van der Waals surface area contributed by atoms with Crippen molar-refractivity contribution in [3.8, 4) is 0 Å². The summed E-state index contributed by atoms with van der Waals surface area (Å²) in [5.41, 5.74) is 2.29. The summed E-state index contributed by atoms with van der Waals surface area (Å²) < 4.78 is 0. The number of carbonyl (C=O) groups excluding carboxylic acids is 1. The van der Waals surface area contributed by atoms with Crippen LogP contribution in [0.2, 0.25) is 0 Å². The largest absolute Gasteiger partial charge is 0.377 e. The first-order chi connectivity index (χ1) is 11.8. The smallest absolute Gasteiger partial charge is 0.152 e. The SMILES string of the molecule is O=CC1N(Cc2ccccc2)C(O)[C@@H]2CS[C@@H](c3ccccc3)N12. The van der Waals surface area contributed by atoms with Crippen LogP contribution in [0.4, 0.5) is 0 Å². The molecule has 0 bridgehead atoms. The molecule has 0 saturated carbocycles. The summed E-state index contributed by atoms with van der Waals surface area (Å²) in [5, 5.41) is 10.9. The van der Waals surface area contributed by atoms with Crippen LogP contribution in [-0.4, -0.2) is 45.4 Å². The van der Waals surface area contributed by atoms with Gasteiger partial charge in [0.1, 0.15) is 12.4 Å². The predicted molar refractivity (Wildman–Crippen MR) is 95.1 cm³/mol. The third kappa shape index (κ3) is 2.67. The number of hydrogen-bond acceptors (Lipinski definition) is 5. The highest BCUT2D eigenvalue weighted by atomic mass is 32.2. The van der Waals surface area contributed by atoms with Crippen molar-refractivity contribution in [2.24, 2.45) is 0 Å². The van der Waals surface area contributed by atoms with Gasteiger partial charge in [-0.3, -0.25) is 9.80 Å². The first-order valence-electron chi connectivity index (χ1n) is 8.16. The number of aliphatic hydroxyl groups is 1. The fourth-order valence-electron chi connectivity index (χ4n) is 3.68. The van der Waals surface area contributed by atoms with Gasteiger partial charge in [0.05, 0.1) is 11.4 Å². The molecule has 2 heterocycles. The molecule has 1 N–H and O–H groups in total. The van der Waals surface area contributed by atoms with Gasteiger partial charge < -0.3 is 9.90 Å². The molecule has 4 rings (SSSR count). The Bertz CT molecular complexity index is 697. The second-order valence-electron chi connectivity index (χ2n) is 6.23. The Hall–Kier alpha value is -1.66. The summed E-state index contributed by atoms with van der Waals surface area (Å²) >= 11 is 1.80. The van der Waals surface area contributed by atoms with Crippen molar-refractivity contribution in [2.45, 2.75) is 30.4 Å². The van der Waals surface area contributed by atoms with E-state index in [2.05, 4.69) is 17.0 Å². The van der Waals surface area contributed by atoms with Crippen LogP contribution in [0, 0.1) is 0 Å². The molecule has 4 nitrogen and oxygen atoms in total. The minimum atomic E-state index is -0.624. The van der Waals surface area contributed by atoms with Gasteiger partial charge in [-0.25, -0.2) is 0 Å². The van der Waals surface area contributed by atoms with Crippen molar-refractivity contribution < 1.29 is 9.90 Å². The molecule has 0 spiro atoms. The number of aldehydes is 1. The average Bonchev–Trinajstić information content (AvgIpc) is 3.17. The van der Waals surface area contributed by atoms with E-state index in [1.807, 2.05) is 53.4 Å². The van der Waals surface area contributed by atoms with E-state index in [-0.39, 0.29) is 11.4 Å². The monoisotopic (exact) mass is 340 g/mol. The van der Waals surface area contributed by atoms with Crippen molar-refractivity contribution in [1.82, 2.24) is 9.80 Å². The Labute approximate surface area is 146 Å². The maximum atomic E-state index is 11.9. The van der Waals surface area contributed by atoms with E-state index in [1.54, 1.807) is 11.8 Å². The molecule has 2 aromatic rings. The van der Waals surface area contributed by atoms with Crippen molar-refractivity contribution in [3.63, 3.8) is 0 Å². The Morgan fingerprint density at radius 1 is 1.08 bits per heavy atom. The van der Waals surface area contributed by atoms with E-state index in [0.717, 1.165) is 17.6 Å². The lowest BCUT2D eigenvalue weighted by molar-refractivity contribution is -0.118. The fourth-order valence-corrected chi connectivity index (χ4v) is 5.20. The minimum absolute atomic E-state index is 0.0147. The van der Waals surface area contributed by atoms with Crippen LogP contribution in [0.1, 0.15) is 16.5 Å². The molecule has 0 aliphatic carbocycles. The van der Waals surface area contributed by atoms with E-state index >= 15 is 0 Å². The van der Waals surface area contributed by atoms with Crippen LogP contribution in [0.25, 0.3) is 0 Å². The highest BCUT2D eigenvalue weighted by Crippen LogP contribution is 2.47. The number of nitrogens with zero attached hydrogens (tertiary/aromatic N) is 2. The van der Waals surface area contributed by atoms with E-state index in [4.69, 9.17) is 0 Å². The van der Waals surface area contributed by atoms with Gasteiger partial charge in [-0.2, -0.15) is 0 Å². The molecular weight excluding hydrogens is 320 g/mol. The summed E-state index contributed by atoms with van der Waals surface area (Å²) in [4.78, 5) is 15.9. The molecule has 2 aliphatic heterocycles. The van der Waals surface area contributed by atoms with Crippen LogP contribution in [-0.2, 0) is 11.3 Å². The summed E-state index contributed by atoms with van der Waals surface area (Å²) in [5.74, 6) is 0.830. The molecule has 0 aromatic heterocycles. The predicted octanol–water partition coefficient (Wildman–Crippen LogP) is 2.46. The number of thioether (sulfide) groups is 1. The van der Waals surface area contributed by atoms with E-state index < -0.39 is 12.4 Å². The summed E-state index contributed by atoms with van der Waals surface area (Å²) in [6, 6.07) is 20.2. The highest BCUT2D eigenvalue weighted by molar-refractivity contribution is 7.99. The lowest BCUT2D eigenvalue weighted by Crippen LogP contribution is -2.41. The van der Waals surface area contributed by atoms with E-state index in [9.17, 15) is 9.90 Å². The van der Waals surface area contributed by atoms with E-state index in [0.29, 0.717) is 6.54 Å². The highest BCUT2D eigenvalue weighted by Gasteiger charge is 2.53. The average molecular weight is 340 g/mol. The molecule has 2 saturated heterocycles. The summed E-state index contributed by atoms with van der Waals surface area (Å²) in [7, 11) is 0. The number of benzene rings is 2. The van der Waals surface area contributed by atoms with Crippen LogP contribution >= 0.6 is 11.8 Å². The molecular formula is C19H20N2O2S. The standard InChI is InChI=1S/C19H20N2O2S/c22-12-17-20(11-14-7-3-1-4-8-14)18(23)16-13-24-19(21(16)17)15-9-5-2-6-10-15/h1-10,12,16-19,23H,11,13H2/t16-,17?,18?,19-/m0/s1. The molecule has 124 valence electrons. The Balaban J connectivity index is 1.62. The molecule has 24 heavy (non-hydrogen) atoms. The van der Waals surface area contributed by atoms with Crippen LogP contribution in [0.3, 0.4) is 0 Å². The number of rotatable bonds is 4. The normalized spacial score (nSPS) is 30.4. The van der Waals surface area contributed by atoms with Gasteiger partial charge >= 0.3 is 0 Å². The maximum absolute atomic E-state index is 11.9. The molecule has 4 atom stereocenters. The first-order valence-corrected chi connectivity index (χ1v) is 9.21. The van der Waals surface area contributed by atoms with Gasteiger partial charge in [-0.15, -0.1) is 11.8 Å². The van der Waals surface area contributed by atoms with Gasteiger partial charge in [-0.1, -0.05) is 60.7 Å². The third-order valence-corrected chi connectivity index (χ3v) is 6.19. The van der Waals surface area contributed by atoms with Crippen molar-refractivity contribution in [3.05, 3.63) is 71.8 Å². The zero-order valence-electron chi connectivity index (χ0n) is 13.2. The Morgan fingerprint density at radius 2 is 1.75 bits per heavy atom. The zero-order valence-corrected chi connectivity index (χ0v) is 14.0. The molecule has 2 aromatic carbocycles. The van der Waals surface area contributed by atoms with Crippen LogP contribution in [0.5, 0.6) is 0 Å². The number of hydrogen-bond donors (Lipinski definition) is 1. The third-order valence-electron chi connectivity index (χ3n) is 4.82. The minimum Gasteiger partial charge on any atom is -0.377 e. The zero-order chi connectivity index (χ0) is 16.5. The number of fused-ring (bicyclic) bond motifs is 1. The first kappa shape index (κ1) is 15.8. The van der Waals surface area contributed by atoms with Crippen LogP contribution in [0.15, 0.2) is 60.7 Å². The number of carbonyl (C=O) groups is 1. The quantitative estimate of drug-likeness (QED) is 0.866. The lowest BCUT2D eigenvalue weighted by Gasteiger charge is -2.29. The number of aliphatic hydroxyl groups excluding tert-OH is 1. The Morgan fingerprint density at radius 3 is 2.42 bits per heavy atom.